The van der Waals surface area contributed by atoms with Gasteiger partial charge in [0.2, 0.25) is 0 Å². The molecule has 0 aliphatic carbocycles. The molecule has 0 rings (SSSR count). The first-order valence-corrected chi connectivity index (χ1v) is 10.3. The van der Waals surface area contributed by atoms with Gasteiger partial charge in [-0.25, -0.2) is 19.2 Å². The van der Waals surface area contributed by atoms with Crippen molar-refractivity contribution >= 4 is 47.4 Å². The molecule has 10 nitrogen and oxygen atoms in total. The maximum Gasteiger partial charge on any atom is 0.346 e. The van der Waals surface area contributed by atoms with Crippen molar-refractivity contribution in [2.45, 2.75) is 37.1 Å². The number of esters is 4. The van der Waals surface area contributed by atoms with Crippen molar-refractivity contribution in [1.29, 1.82) is 0 Å². The van der Waals surface area contributed by atoms with Gasteiger partial charge >= 0.3 is 23.9 Å². The van der Waals surface area contributed by atoms with Crippen molar-refractivity contribution in [3.63, 3.8) is 0 Å². The predicted molar refractivity (Wildman–Crippen MR) is 96.2 cm³/mol. The normalized spacial score (nSPS) is 15.5. The Morgan fingerprint density at radius 2 is 1.08 bits per heavy atom. The summed E-state index contributed by atoms with van der Waals surface area (Å²) in [6.45, 7) is 0. The highest BCUT2D eigenvalue weighted by molar-refractivity contribution is 7.98. The van der Waals surface area contributed by atoms with Gasteiger partial charge in [0.15, 0.2) is 12.2 Å². The van der Waals surface area contributed by atoms with E-state index >= 15 is 0 Å². The first-order chi connectivity index (χ1) is 12.1. The highest BCUT2D eigenvalue weighted by atomic mass is 32.2. The van der Waals surface area contributed by atoms with E-state index in [2.05, 4.69) is 9.47 Å². The number of hydrogen-bond acceptors (Lipinski definition) is 12. The second-order valence-corrected chi connectivity index (χ2v) is 7.12. The van der Waals surface area contributed by atoms with Crippen LogP contribution in [0.3, 0.4) is 0 Å². The highest BCUT2D eigenvalue weighted by Crippen LogP contribution is 2.06. The Kier molecular flexibility index (Phi) is 12.5. The molecule has 0 bridgehead atoms. The van der Waals surface area contributed by atoms with E-state index in [9.17, 15) is 29.4 Å². The topological polar surface area (TPSA) is 179 Å². The van der Waals surface area contributed by atoms with Gasteiger partial charge in [-0.05, 0) is 36.9 Å². The number of hydrogen-bond donors (Lipinski definition) is 4. The van der Waals surface area contributed by atoms with Crippen molar-refractivity contribution in [3.05, 3.63) is 0 Å². The van der Waals surface area contributed by atoms with Crippen molar-refractivity contribution in [1.82, 2.24) is 0 Å². The van der Waals surface area contributed by atoms with Crippen molar-refractivity contribution < 1.29 is 38.9 Å². The Morgan fingerprint density at radius 3 is 1.35 bits per heavy atom. The molecule has 26 heavy (non-hydrogen) atoms. The maximum absolute atomic E-state index is 11.6. The lowest BCUT2D eigenvalue weighted by atomic mass is 10.2. The fourth-order valence-corrected chi connectivity index (χ4v) is 2.43. The van der Waals surface area contributed by atoms with E-state index in [-0.39, 0.29) is 12.8 Å². The third kappa shape index (κ3) is 8.96. The van der Waals surface area contributed by atoms with Crippen LogP contribution in [0.25, 0.3) is 0 Å². The lowest BCUT2D eigenvalue weighted by Crippen LogP contribution is -2.46. The van der Waals surface area contributed by atoms with E-state index in [0.29, 0.717) is 11.5 Å². The molecule has 0 spiro atoms. The number of aliphatic hydroxyl groups excluding tert-OH is 2. The fraction of sp³-hybridized carbons (Fsp3) is 0.714. The maximum atomic E-state index is 11.6. The summed E-state index contributed by atoms with van der Waals surface area (Å²) >= 11 is 2.85. The molecule has 0 heterocycles. The van der Waals surface area contributed by atoms with Crippen molar-refractivity contribution in [2.24, 2.45) is 11.5 Å². The van der Waals surface area contributed by atoms with E-state index in [0.717, 1.165) is 0 Å². The fourth-order valence-electron chi connectivity index (χ4n) is 1.45. The van der Waals surface area contributed by atoms with Crippen LogP contribution in [0, 0.1) is 0 Å². The summed E-state index contributed by atoms with van der Waals surface area (Å²) < 4.78 is 8.61. The van der Waals surface area contributed by atoms with Crippen LogP contribution in [0.4, 0.5) is 0 Å². The summed E-state index contributed by atoms with van der Waals surface area (Å²) in [5.74, 6) is -4.31. The van der Waals surface area contributed by atoms with Gasteiger partial charge in [-0.3, -0.25) is 0 Å². The summed E-state index contributed by atoms with van der Waals surface area (Å²) in [5, 5.41) is 19.2. The molecule has 2 unspecified atom stereocenters. The number of carbonyl (C=O) groups excluding carboxylic acids is 4. The lowest BCUT2D eigenvalue weighted by molar-refractivity contribution is -0.181. The molecule has 0 aromatic carbocycles. The number of rotatable bonds is 11. The molecule has 6 N–H and O–H groups in total. The van der Waals surface area contributed by atoms with Gasteiger partial charge in [0.05, 0.1) is 0 Å². The zero-order chi connectivity index (χ0) is 20.3. The largest absolute Gasteiger partial charge is 0.390 e. The minimum absolute atomic E-state index is 0.233. The molecule has 0 radical (unpaired) electrons. The van der Waals surface area contributed by atoms with E-state index in [1.807, 2.05) is 0 Å². The minimum atomic E-state index is -2.42. The molecule has 0 saturated heterocycles. The third-order valence-electron chi connectivity index (χ3n) is 3.06. The number of aliphatic hydroxyl groups is 2. The van der Waals surface area contributed by atoms with E-state index < -0.39 is 48.2 Å². The van der Waals surface area contributed by atoms with Gasteiger partial charge in [0, 0.05) is 0 Å². The average Bonchev–Trinajstić information content (AvgIpc) is 2.62. The summed E-state index contributed by atoms with van der Waals surface area (Å²) in [4.78, 5) is 46.3. The van der Waals surface area contributed by atoms with Crippen LogP contribution in [0.15, 0.2) is 0 Å². The molecular formula is C14H24N2O8S2. The van der Waals surface area contributed by atoms with E-state index in [1.54, 1.807) is 12.5 Å². The van der Waals surface area contributed by atoms with Crippen LogP contribution in [0.1, 0.15) is 12.8 Å². The number of carbonyl (C=O) groups is 4. The minimum Gasteiger partial charge on any atom is -0.390 e. The van der Waals surface area contributed by atoms with Crippen molar-refractivity contribution in [3.8, 4) is 0 Å². The third-order valence-corrected chi connectivity index (χ3v) is 4.34. The Bertz CT molecular complexity index is 461. The van der Waals surface area contributed by atoms with Crippen LogP contribution < -0.4 is 11.5 Å². The summed E-state index contributed by atoms with van der Waals surface area (Å²) in [5.41, 5.74) is 11.0. The highest BCUT2D eigenvalue weighted by Gasteiger charge is 2.36. The monoisotopic (exact) mass is 412 g/mol. The summed E-state index contributed by atoms with van der Waals surface area (Å²) in [6.07, 6.45) is -0.789. The molecule has 0 aromatic heterocycles. The molecule has 0 saturated carbocycles. The molecule has 12 heteroatoms. The molecule has 0 fully saturated rings. The Morgan fingerprint density at radius 1 is 0.769 bits per heavy atom. The van der Waals surface area contributed by atoms with Crippen LogP contribution in [0.5, 0.6) is 0 Å². The van der Waals surface area contributed by atoms with E-state index in [1.165, 1.54) is 23.5 Å². The number of thioether (sulfide) groups is 2. The second-order valence-electron chi connectivity index (χ2n) is 5.15. The lowest BCUT2D eigenvalue weighted by Gasteiger charge is -2.17. The molecular weight excluding hydrogens is 388 g/mol. The molecule has 0 aromatic rings. The molecule has 4 atom stereocenters. The first-order valence-electron chi connectivity index (χ1n) is 7.51. The summed E-state index contributed by atoms with van der Waals surface area (Å²) in [7, 11) is 0. The van der Waals surface area contributed by atoms with Crippen LogP contribution in [-0.2, 0) is 28.7 Å². The van der Waals surface area contributed by atoms with Gasteiger partial charge in [-0.1, -0.05) is 0 Å². The number of ether oxygens (including phenoxy) is 2. The Labute approximate surface area is 159 Å². The van der Waals surface area contributed by atoms with Gasteiger partial charge in [-0.15, -0.1) is 0 Å². The van der Waals surface area contributed by atoms with Crippen LogP contribution >= 0.6 is 23.5 Å². The summed E-state index contributed by atoms with van der Waals surface area (Å²) in [6, 6.07) is -2.20. The SMILES string of the molecule is CSCC[C@H](N)C(=O)OC(=O)C(O)C(O)C(=O)OC(=O)[C@@H](N)CCSC. The molecule has 150 valence electrons. The molecule has 0 amide bonds. The van der Waals surface area contributed by atoms with Crippen LogP contribution in [0.2, 0.25) is 0 Å². The standard InChI is InChI=1S/C14H24N2O8S2/c1-25-5-3-7(15)11(19)23-13(21)9(17)10(18)14(22)24-12(20)8(16)4-6-26-2/h7-10,17-18H,3-6,15-16H2,1-2H3/t7-,8-,9?,10?/m0/s1. The average molecular weight is 412 g/mol. The van der Waals surface area contributed by atoms with Gasteiger partial charge in [0.25, 0.3) is 0 Å². The van der Waals surface area contributed by atoms with Gasteiger partial charge in [0.1, 0.15) is 12.1 Å². The Hall–Kier alpha value is -1.18. The van der Waals surface area contributed by atoms with Gasteiger partial charge < -0.3 is 31.2 Å². The zero-order valence-corrected chi connectivity index (χ0v) is 16.1. The molecule has 0 aliphatic heterocycles. The Balaban J connectivity index is 4.56. The smallest absolute Gasteiger partial charge is 0.346 e. The van der Waals surface area contributed by atoms with E-state index in [4.69, 9.17) is 11.5 Å². The molecule has 0 aliphatic rings. The predicted octanol–water partition coefficient (Wildman–Crippen LogP) is -1.99. The van der Waals surface area contributed by atoms with Crippen LogP contribution in [-0.4, -0.2) is 82.4 Å². The second kappa shape index (κ2) is 13.1. The number of nitrogens with two attached hydrogens (primary N) is 2. The van der Waals surface area contributed by atoms with Gasteiger partial charge in [-0.2, -0.15) is 23.5 Å². The quantitative estimate of drug-likeness (QED) is 0.217. The van der Waals surface area contributed by atoms with Crippen molar-refractivity contribution in [2.75, 3.05) is 24.0 Å². The first kappa shape index (κ1) is 24.8. The zero-order valence-electron chi connectivity index (χ0n) is 14.5.